The third-order valence-electron chi connectivity index (χ3n) is 5.05. The molecule has 8 heteroatoms. The number of carbonyl (C=O) groups is 2. The number of hydrogen-bond acceptors (Lipinski definition) is 6. The van der Waals surface area contributed by atoms with Gasteiger partial charge in [-0.05, 0) is 92.4 Å². The maximum atomic E-state index is 12.4. The Labute approximate surface area is 208 Å². The number of rotatable bonds is 8. The minimum atomic E-state index is -0.291. The van der Waals surface area contributed by atoms with Gasteiger partial charge in [-0.3, -0.25) is 14.9 Å². The van der Waals surface area contributed by atoms with Crippen LogP contribution in [0.3, 0.4) is 0 Å². The van der Waals surface area contributed by atoms with Crippen LogP contribution in [-0.2, 0) is 9.59 Å². The smallest absolute Gasteiger partial charge is 0.264 e. The van der Waals surface area contributed by atoms with E-state index in [1.165, 1.54) is 11.3 Å². The van der Waals surface area contributed by atoms with E-state index in [9.17, 15) is 9.59 Å². The lowest BCUT2D eigenvalue weighted by Gasteiger charge is -2.09. The Morgan fingerprint density at radius 2 is 1.26 bits per heavy atom. The molecule has 4 rings (SSSR count). The van der Waals surface area contributed by atoms with Gasteiger partial charge in [0.1, 0.15) is 11.5 Å². The second-order valence-corrected chi connectivity index (χ2v) is 9.55. The van der Waals surface area contributed by atoms with Gasteiger partial charge in [-0.25, -0.2) is 4.98 Å². The average molecular weight is 490 g/mol. The van der Waals surface area contributed by atoms with Gasteiger partial charge in [0.15, 0.2) is 18.3 Å². The number of thiazole rings is 1. The summed E-state index contributed by atoms with van der Waals surface area (Å²) in [6.07, 6.45) is 0. The Balaban J connectivity index is 1.32. The van der Waals surface area contributed by atoms with Crippen LogP contribution in [0, 0.1) is 27.7 Å². The quantitative estimate of drug-likeness (QED) is 0.338. The normalized spacial score (nSPS) is 10.7. The molecule has 0 spiro atoms. The van der Waals surface area contributed by atoms with E-state index in [1.807, 2.05) is 70.2 Å². The molecule has 7 nitrogen and oxygen atoms in total. The summed E-state index contributed by atoms with van der Waals surface area (Å²) in [4.78, 5) is 29.1. The Kier molecular flexibility index (Phi) is 7.31. The van der Waals surface area contributed by atoms with Crippen LogP contribution in [0.2, 0.25) is 0 Å². The maximum Gasteiger partial charge on any atom is 0.264 e. The molecule has 2 amide bonds. The van der Waals surface area contributed by atoms with Crippen LogP contribution in [0.25, 0.3) is 10.2 Å². The number of aryl methyl sites for hydroxylation is 4. The fraction of sp³-hybridized carbons (Fsp3) is 0.222. The van der Waals surface area contributed by atoms with E-state index in [2.05, 4.69) is 15.6 Å². The van der Waals surface area contributed by atoms with Crippen molar-refractivity contribution in [1.82, 2.24) is 4.98 Å². The SMILES string of the molecule is Cc1cc(C)cc(OCC(=O)Nc2ccc3nc(NC(=O)COc4cc(C)cc(C)c4)sc3c2)c1. The summed E-state index contributed by atoms with van der Waals surface area (Å²) in [5.74, 6) is 0.770. The molecular weight excluding hydrogens is 462 g/mol. The zero-order valence-corrected chi connectivity index (χ0v) is 20.9. The van der Waals surface area contributed by atoms with Crippen molar-refractivity contribution in [3.63, 3.8) is 0 Å². The van der Waals surface area contributed by atoms with Crippen molar-refractivity contribution in [3.8, 4) is 11.5 Å². The molecule has 180 valence electrons. The largest absolute Gasteiger partial charge is 0.484 e. The zero-order chi connectivity index (χ0) is 24.9. The Bertz CT molecular complexity index is 1290. The van der Waals surface area contributed by atoms with Crippen molar-refractivity contribution in [3.05, 3.63) is 76.9 Å². The van der Waals surface area contributed by atoms with E-state index < -0.39 is 0 Å². The number of nitrogens with one attached hydrogen (secondary N) is 2. The summed E-state index contributed by atoms with van der Waals surface area (Å²) < 4.78 is 12.1. The molecule has 0 fully saturated rings. The van der Waals surface area contributed by atoms with Crippen LogP contribution in [0.15, 0.2) is 54.6 Å². The van der Waals surface area contributed by atoms with Gasteiger partial charge in [-0.15, -0.1) is 0 Å². The maximum absolute atomic E-state index is 12.4. The Morgan fingerprint density at radius 1 is 0.743 bits per heavy atom. The van der Waals surface area contributed by atoms with Crippen LogP contribution in [-0.4, -0.2) is 30.0 Å². The summed E-state index contributed by atoms with van der Waals surface area (Å²) in [7, 11) is 0. The fourth-order valence-electron chi connectivity index (χ4n) is 3.74. The second-order valence-electron chi connectivity index (χ2n) is 8.52. The fourth-order valence-corrected chi connectivity index (χ4v) is 4.66. The molecule has 0 aliphatic carbocycles. The van der Waals surface area contributed by atoms with Crippen molar-refractivity contribution >= 4 is 44.2 Å². The predicted octanol–water partition coefficient (Wildman–Crippen LogP) is 5.56. The molecule has 0 bridgehead atoms. The first kappa shape index (κ1) is 24.2. The Hall–Kier alpha value is -3.91. The van der Waals surface area contributed by atoms with Gasteiger partial charge in [-0.1, -0.05) is 23.5 Å². The van der Waals surface area contributed by atoms with E-state index in [-0.39, 0.29) is 25.0 Å². The molecule has 4 aromatic rings. The number of anilines is 2. The highest BCUT2D eigenvalue weighted by atomic mass is 32.1. The minimum absolute atomic E-state index is 0.0919. The lowest BCUT2D eigenvalue weighted by Crippen LogP contribution is -2.20. The molecule has 0 atom stereocenters. The van der Waals surface area contributed by atoms with Crippen molar-refractivity contribution in [2.24, 2.45) is 0 Å². The van der Waals surface area contributed by atoms with Gasteiger partial charge in [0.25, 0.3) is 11.8 Å². The van der Waals surface area contributed by atoms with Crippen molar-refractivity contribution in [1.29, 1.82) is 0 Å². The molecule has 3 aromatic carbocycles. The molecule has 2 N–H and O–H groups in total. The molecule has 0 saturated carbocycles. The number of benzene rings is 3. The first-order valence-electron chi connectivity index (χ1n) is 11.2. The summed E-state index contributed by atoms with van der Waals surface area (Å²) in [6.45, 7) is 7.73. The first-order chi connectivity index (χ1) is 16.7. The standard InChI is InChI=1S/C27H27N3O4S/c1-16-7-17(2)10-21(9-16)33-14-25(31)28-20-5-6-23-24(13-20)35-27(29-23)30-26(32)15-34-22-11-18(3)8-19(4)12-22/h5-13H,14-15H2,1-4H3,(H,28,31)(H,29,30,32). The molecule has 35 heavy (non-hydrogen) atoms. The van der Waals surface area contributed by atoms with Crippen LogP contribution in [0.5, 0.6) is 11.5 Å². The van der Waals surface area contributed by atoms with E-state index in [4.69, 9.17) is 9.47 Å². The average Bonchev–Trinajstić information content (AvgIpc) is 3.16. The highest BCUT2D eigenvalue weighted by Crippen LogP contribution is 2.28. The Morgan fingerprint density at radius 3 is 1.80 bits per heavy atom. The monoisotopic (exact) mass is 489 g/mol. The first-order valence-corrected chi connectivity index (χ1v) is 12.0. The number of ether oxygens (including phenoxy) is 2. The molecule has 0 saturated heterocycles. The van der Waals surface area contributed by atoms with Crippen LogP contribution >= 0.6 is 11.3 Å². The number of aromatic nitrogens is 1. The number of fused-ring (bicyclic) bond motifs is 1. The lowest BCUT2D eigenvalue weighted by molar-refractivity contribution is -0.118. The summed E-state index contributed by atoms with van der Waals surface area (Å²) >= 11 is 1.33. The van der Waals surface area contributed by atoms with E-state index >= 15 is 0 Å². The zero-order valence-electron chi connectivity index (χ0n) is 20.1. The van der Waals surface area contributed by atoms with Gasteiger partial charge in [-0.2, -0.15) is 0 Å². The third-order valence-corrected chi connectivity index (χ3v) is 5.98. The number of amides is 2. The summed E-state index contributed by atoms with van der Waals surface area (Å²) in [5, 5.41) is 6.08. The molecular formula is C27H27N3O4S. The van der Waals surface area contributed by atoms with Gasteiger partial charge < -0.3 is 14.8 Å². The van der Waals surface area contributed by atoms with Crippen molar-refractivity contribution in [2.45, 2.75) is 27.7 Å². The van der Waals surface area contributed by atoms with Crippen molar-refractivity contribution < 1.29 is 19.1 Å². The van der Waals surface area contributed by atoms with E-state index in [0.29, 0.717) is 22.3 Å². The highest BCUT2D eigenvalue weighted by molar-refractivity contribution is 7.22. The summed E-state index contributed by atoms with van der Waals surface area (Å²) in [6, 6.07) is 17.1. The predicted molar refractivity (Wildman–Crippen MR) is 140 cm³/mol. The van der Waals surface area contributed by atoms with Crippen LogP contribution in [0.4, 0.5) is 10.8 Å². The van der Waals surface area contributed by atoms with Gasteiger partial charge in [0.2, 0.25) is 0 Å². The highest BCUT2D eigenvalue weighted by Gasteiger charge is 2.11. The molecule has 1 heterocycles. The lowest BCUT2D eigenvalue weighted by atomic mass is 10.1. The van der Waals surface area contributed by atoms with Crippen molar-refractivity contribution in [2.75, 3.05) is 23.8 Å². The molecule has 0 aliphatic rings. The minimum Gasteiger partial charge on any atom is -0.484 e. The number of nitrogens with zero attached hydrogens (tertiary/aromatic N) is 1. The van der Waals surface area contributed by atoms with Gasteiger partial charge in [0.05, 0.1) is 10.2 Å². The summed E-state index contributed by atoms with van der Waals surface area (Å²) in [5.41, 5.74) is 5.67. The van der Waals surface area contributed by atoms with Crippen LogP contribution in [0.1, 0.15) is 22.3 Å². The molecule has 1 aromatic heterocycles. The van der Waals surface area contributed by atoms with Gasteiger partial charge >= 0.3 is 0 Å². The topological polar surface area (TPSA) is 89.5 Å². The number of carbonyl (C=O) groups excluding carboxylic acids is 2. The molecule has 0 radical (unpaired) electrons. The van der Waals surface area contributed by atoms with E-state index in [0.717, 1.165) is 32.5 Å². The molecule has 0 aliphatic heterocycles. The van der Waals surface area contributed by atoms with Crippen LogP contribution < -0.4 is 20.1 Å². The molecule has 0 unspecified atom stereocenters. The van der Waals surface area contributed by atoms with E-state index in [1.54, 1.807) is 12.1 Å². The van der Waals surface area contributed by atoms with Gasteiger partial charge in [0, 0.05) is 5.69 Å². The third kappa shape index (κ3) is 6.80. The number of hydrogen-bond donors (Lipinski definition) is 2. The second kappa shape index (κ2) is 10.6.